The van der Waals surface area contributed by atoms with Gasteiger partial charge in [0.25, 0.3) is 0 Å². The number of rotatable bonds is 5. The van der Waals surface area contributed by atoms with E-state index in [1.54, 1.807) is 13.8 Å². The zero-order valence-corrected chi connectivity index (χ0v) is 7.66. The zero-order valence-electron chi connectivity index (χ0n) is 7.66. The number of aliphatic hydroxyl groups excluding tert-OH is 2. The fourth-order valence-electron chi connectivity index (χ4n) is 0.519. The first-order valence-electron chi connectivity index (χ1n) is 3.75. The number of aliphatic hydroxyl groups is 2. The molecular weight excluding hydrogens is 172 g/mol. The Morgan fingerprint density at radius 1 is 1.62 bits per heavy atom. The molecule has 0 spiro atoms. The molecule has 5 nitrogen and oxygen atoms in total. The molecule has 74 valence electrons. The van der Waals surface area contributed by atoms with Crippen molar-refractivity contribution >= 4 is 12.1 Å². The minimum atomic E-state index is -0.724. The molecule has 0 unspecified atom stereocenters. The largest absolute Gasteiger partial charge is 0.494 e. The lowest BCUT2D eigenvalue weighted by atomic mass is 9.88. The Kier molecular flexibility index (Phi) is 4.13. The highest BCUT2D eigenvalue weighted by molar-refractivity contribution is 5.97. The lowest BCUT2D eigenvalue weighted by Crippen LogP contribution is -2.27. The molecule has 0 aromatic carbocycles. The van der Waals surface area contributed by atoms with Crippen LogP contribution in [0.3, 0.4) is 0 Å². The van der Waals surface area contributed by atoms with E-state index in [-0.39, 0.29) is 12.3 Å². The van der Waals surface area contributed by atoms with Crippen molar-refractivity contribution < 1.29 is 15.0 Å². The maximum atomic E-state index is 9.88. The van der Waals surface area contributed by atoms with E-state index in [0.29, 0.717) is 6.41 Å². The van der Waals surface area contributed by atoms with Crippen molar-refractivity contribution in [1.29, 1.82) is 5.41 Å². The second-order valence-electron chi connectivity index (χ2n) is 3.25. The number of hydrogen-bond donors (Lipinski definition) is 4. The molecule has 0 bridgehead atoms. The van der Waals surface area contributed by atoms with Gasteiger partial charge in [0.1, 0.15) is 0 Å². The highest BCUT2D eigenvalue weighted by Crippen LogP contribution is 2.16. The van der Waals surface area contributed by atoms with Crippen molar-refractivity contribution in [2.45, 2.75) is 13.8 Å². The summed E-state index contributed by atoms with van der Waals surface area (Å²) in [5.41, 5.74) is -0.680. The van der Waals surface area contributed by atoms with Crippen LogP contribution in [0.2, 0.25) is 0 Å². The number of carbonyl (C=O) groups excluding carboxylic acids is 1. The second-order valence-corrected chi connectivity index (χ2v) is 3.25. The van der Waals surface area contributed by atoms with Crippen LogP contribution in [0.25, 0.3) is 0 Å². The molecule has 4 N–H and O–H groups in total. The van der Waals surface area contributed by atoms with E-state index in [0.717, 1.165) is 6.08 Å². The number of carbonyl (C=O) groups is 1. The average molecular weight is 186 g/mol. The predicted molar refractivity (Wildman–Crippen MR) is 48.5 cm³/mol. The third-order valence-corrected chi connectivity index (χ3v) is 1.61. The van der Waals surface area contributed by atoms with Crippen LogP contribution >= 0.6 is 0 Å². The lowest BCUT2D eigenvalue weighted by Gasteiger charge is -2.20. The molecule has 0 aliphatic carbocycles. The van der Waals surface area contributed by atoms with Crippen LogP contribution in [0.4, 0.5) is 0 Å². The summed E-state index contributed by atoms with van der Waals surface area (Å²) in [5, 5.41) is 27.3. The summed E-state index contributed by atoms with van der Waals surface area (Å²) in [6.45, 7) is 3.11. The van der Waals surface area contributed by atoms with E-state index < -0.39 is 11.3 Å². The topological polar surface area (TPSA) is 93.4 Å². The van der Waals surface area contributed by atoms with Gasteiger partial charge < -0.3 is 15.6 Å². The zero-order chi connectivity index (χ0) is 10.5. The van der Waals surface area contributed by atoms with Gasteiger partial charge in [-0.25, -0.2) is 0 Å². The third kappa shape index (κ3) is 3.71. The van der Waals surface area contributed by atoms with Crippen molar-refractivity contribution in [3.8, 4) is 0 Å². The lowest BCUT2D eigenvalue weighted by molar-refractivity contribution is -0.109. The maximum Gasteiger partial charge on any atom is 0.213 e. The van der Waals surface area contributed by atoms with Crippen molar-refractivity contribution in [1.82, 2.24) is 5.32 Å². The Labute approximate surface area is 76.6 Å². The number of allylic oxidation sites excluding steroid dienone is 1. The van der Waals surface area contributed by atoms with E-state index >= 15 is 0 Å². The van der Waals surface area contributed by atoms with Crippen LogP contribution in [-0.2, 0) is 4.79 Å². The summed E-state index contributed by atoms with van der Waals surface area (Å²) in [6, 6.07) is 0. The van der Waals surface area contributed by atoms with Crippen LogP contribution in [0, 0.1) is 10.8 Å². The summed E-state index contributed by atoms with van der Waals surface area (Å²) < 4.78 is 0. The van der Waals surface area contributed by atoms with E-state index in [4.69, 9.17) is 15.6 Å². The van der Waals surface area contributed by atoms with Gasteiger partial charge in [-0.2, -0.15) is 0 Å². The average Bonchev–Trinajstić information content (AvgIpc) is 2.04. The van der Waals surface area contributed by atoms with Crippen LogP contribution in [-0.4, -0.2) is 28.9 Å². The summed E-state index contributed by atoms with van der Waals surface area (Å²) in [7, 11) is 0. The Morgan fingerprint density at radius 2 is 2.15 bits per heavy atom. The molecule has 0 aromatic heterocycles. The van der Waals surface area contributed by atoms with Gasteiger partial charge in [-0.3, -0.25) is 10.1 Å². The minimum Gasteiger partial charge on any atom is -0.494 e. The Hall–Kier alpha value is -1.36. The summed E-state index contributed by atoms with van der Waals surface area (Å²) in [5.74, 6) is -0.401. The van der Waals surface area contributed by atoms with E-state index in [1.165, 1.54) is 0 Å². The van der Waals surface area contributed by atoms with Gasteiger partial charge in [0.2, 0.25) is 6.41 Å². The number of nitrogens with one attached hydrogen (secondary N) is 2. The van der Waals surface area contributed by atoms with Gasteiger partial charge >= 0.3 is 0 Å². The molecule has 1 amide bonds. The smallest absolute Gasteiger partial charge is 0.213 e. The highest BCUT2D eigenvalue weighted by atomic mass is 16.3. The first-order chi connectivity index (χ1) is 5.94. The Bertz CT molecular complexity index is 234. The van der Waals surface area contributed by atoms with Crippen molar-refractivity contribution in [3.05, 3.63) is 12.0 Å². The Balaban J connectivity index is 4.45. The minimum absolute atomic E-state index is 0.0434. The first kappa shape index (κ1) is 11.6. The van der Waals surface area contributed by atoms with Gasteiger partial charge in [0, 0.05) is 17.2 Å². The number of hydrogen-bond acceptors (Lipinski definition) is 4. The van der Waals surface area contributed by atoms with E-state index in [1.807, 2.05) is 5.32 Å². The molecule has 0 saturated heterocycles. The molecule has 0 aliphatic heterocycles. The summed E-state index contributed by atoms with van der Waals surface area (Å²) >= 11 is 0. The normalized spacial score (nSPS) is 12.4. The van der Waals surface area contributed by atoms with E-state index in [9.17, 15) is 4.79 Å². The highest BCUT2D eigenvalue weighted by Gasteiger charge is 2.21. The monoisotopic (exact) mass is 186 g/mol. The third-order valence-electron chi connectivity index (χ3n) is 1.61. The molecule has 0 fully saturated rings. The predicted octanol–water partition coefficient (Wildman–Crippen LogP) is 0.170. The SMILES string of the molecule is CC(C)(CO)C(=N)/C=C(\O)NC=O. The molecule has 0 saturated carbocycles. The van der Waals surface area contributed by atoms with Crippen LogP contribution in [0.15, 0.2) is 12.0 Å². The fraction of sp³-hybridized carbons (Fsp3) is 0.500. The van der Waals surface area contributed by atoms with E-state index in [2.05, 4.69) is 0 Å². The fourth-order valence-corrected chi connectivity index (χ4v) is 0.519. The van der Waals surface area contributed by atoms with Crippen molar-refractivity contribution in [2.24, 2.45) is 5.41 Å². The van der Waals surface area contributed by atoms with Crippen LogP contribution in [0.5, 0.6) is 0 Å². The summed E-state index contributed by atoms with van der Waals surface area (Å²) in [6.07, 6.45) is 1.40. The molecule has 0 heterocycles. The molecular formula is C8H14N2O3. The maximum absolute atomic E-state index is 9.88. The number of amides is 1. The van der Waals surface area contributed by atoms with Crippen LogP contribution in [0.1, 0.15) is 13.8 Å². The quantitative estimate of drug-likeness (QED) is 0.280. The van der Waals surface area contributed by atoms with Gasteiger partial charge in [-0.1, -0.05) is 13.8 Å². The Morgan fingerprint density at radius 3 is 2.54 bits per heavy atom. The molecule has 5 heteroatoms. The second kappa shape index (κ2) is 4.61. The standard InChI is InChI=1S/C8H14N2O3/c1-8(2,4-11)6(9)3-7(13)10-5-12/h3,5,9,11,13H,4H2,1-2H3,(H,10,12)/b7-3-,9-6?. The molecule has 0 atom stereocenters. The first-order valence-corrected chi connectivity index (χ1v) is 3.75. The van der Waals surface area contributed by atoms with Gasteiger partial charge in [0.15, 0.2) is 5.88 Å². The van der Waals surface area contributed by atoms with Gasteiger partial charge in [0.05, 0.1) is 6.61 Å². The molecule has 0 aromatic rings. The molecule has 0 aliphatic rings. The van der Waals surface area contributed by atoms with Crippen molar-refractivity contribution in [2.75, 3.05) is 6.61 Å². The summed E-state index contributed by atoms with van der Waals surface area (Å²) in [4.78, 5) is 9.88. The van der Waals surface area contributed by atoms with Gasteiger partial charge in [-0.15, -0.1) is 0 Å². The molecule has 13 heavy (non-hydrogen) atoms. The van der Waals surface area contributed by atoms with Crippen molar-refractivity contribution in [3.63, 3.8) is 0 Å². The molecule has 0 radical (unpaired) electrons. The van der Waals surface area contributed by atoms with Gasteiger partial charge in [-0.05, 0) is 0 Å². The van der Waals surface area contributed by atoms with Crippen LogP contribution < -0.4 is 5.32 Å². The molecule has 0 rings (SSSR count).